The SMILES string of the molecule is COC(=O)/C=C/CNC(=O)c1ccc(CNC(C)=O)o1. The summed E-state index contributed by atoms with van der Waals surface area (Å²) < 4.78 is 9.65. The lowest BCUT2D eigenvalue weighted by molar-refractivity contribution is -0.134. The average molecular weight is 280 g/mol. The van der Waals surface area contributed by atoms with Crippen molar-refractivity contribution in [2.75, 3.05) is 13.7 Å². The lowest BCUT2D eigenvalue weighted by atomic mass is 10.4. The second kappa shape index (κ2) is 7.78. The molecule has 1 heterocycles. The summed E-state index contributed by atoms with van der Waals surface area (Å²) >= 11 is 0. The Morgan fingerprint density at radius 3 is 2.70 bits per heavy atom. The molecule has 0 radical (unpaired) electrons. The Morgan fingerprint density at radius 1 is 1.30 bits per heavy atom. The van der Waals surface area contributed by atoms with Crippen LogP contribution < -0.4 is 10.6 Å². The van der Waals surface area contributed by atoms with Crippen LogP contribution in [0.3, 0.4) is 0 Å². The van der Waals surface area contributed by atoms with Crippen LogP contribution in [0.25, 0.3) is 0 Å². The van der Waals surface area contributed by atoms with E-state index in [4.69, 9.17) is 4.42 Å². The molecule has 0 saturated heterocycles. The van der Waals surface area contributed by atoms with Gasteiger partial charge in [0.05, 0.1) is 13.7 Å². The van der Waals surface area contributed by atoms with E-state index < -0.39 is 11.9 Å². The molecule has 108 valence electrons. The van der Waals surface area contributed by atoms with E-state index in [1.165, 1.54) is 32.3 Å². The maximum Gasteiger partial charge on any atom is 0.330 e. The lowest BCUT2D eigenvalue weighted by Crippen LogP contribution is -2.23. The number of hydrogen-bond acceptors (Lipinski definition) is 5. The highest BCUT2D eigenvalue weighted by Gasteiger charge is 2.10. The van der Waals surface area contributed by atoms with Gasteiger partial charge in [-0.2, -0.15) is 0 Å². The first-order valence-electron chi connectivity index (χ1n) is 5.88. The van der Waals surface area contributed by atoms with Crippen molar-refractivity contribution >= 4 is 17.8 Å². The van der Waals surface area contributed by atoms with Crippen molar-refractivity contribution in [2.45, 2.75) is 13.5 Å². The minimum atomic E-state index is -0.491. The number of methoxy groups -OCH3 is 1. The maximum absolute atomic E-state index is 11.7. The summed E-state index contributed by atoms with van der Waals surface area (Å²) in [6.45, 7) is 1.80. The van der Waals surface area contributed by atoms with Crippen LogP contribution in [0.5, 0.6) is 0 Å². The highest BCUT2D eigenvalue weighted by molar-refractivity contribution is 5.91. The van der Waals surface area contributed by atoms with Gasteiger partial charge in [0.25, 0.3) is 5.91 Å². The van der Waals surface area contributed by atoms with Crippen LogP contribution in [0.4, 0.5) is 0 Å². The van der Waals surface area contributed by atoms with Crippen LogP contribution >= 0.6 is 0 Å². The van der Waals surface area contributed by atoms with Gasteiger partial charge < -0.3 is 19.8 Å². The monoisotopic (exact) mass is 280 g/mol. The largest absolute Gasteiger partial charge is 0.466 e. The molecule has 0 aliphatic heterocycles. The number of nitrogens with one attached hydrogen (secondary N) is 2. The van der Waals surface area contributed by atoms with Gasteiger partial charge in [-0.25, -0.2) is 4.79 Å². The van der Waals surface area contributed by atoms with E-state index >= 15 is 0 Å². The van der Waals surface area contributed by atoms with Crippen molar-refractivity contribution in [2.24, 2.45) is 0 Å². The third-order valence-corrected chi connectivity index (χ3v) is 2.23. The first-order chi connectivity index (χ1) is 9.52. The van der Waals surface area contributed by atoms with Gasteiger partial charge in [-0.3, -0.25) is 9.59 Å². The molecule has 0 unspecified atom stereocenters. The van der Waals surface area contributed by atoms with E-state index in [-0.39, 0.29) is 24.8 Å². The Labute approximate surface area is 116 Å². The molecule has 0 aliphatic rings. The van der Waals surface area contributed by atoms with Crippen molar-refractivity contribution in [3.63, 3.8) is 0 Å². The normalized spacial score (nSPS) is 10.3. The van der Waals surface area contributed by atoms with E-state index in [9.17, 15) is 14.4 Å². The fraction of sp³-hybridized carbons (Fsp3) is 0.308. The fourth-order valence-corrected chi connectivity index (χ4v) is 1.27. The van der Waals surface area contributed by atoms with Crippen LogP contribution in [0, 0.1) is 0 Å². The number of ether oxygens (including phenoxy) is 1. The molecule has 7 heteroatoms. The number of hydrogen-bond donors (Lipinski definition) is 2. The molecule has 0 spiro atoms. The molecule has 2 N–H and O–H groups in total. The van der Waals surface area contributed by atoms with Crippen LogP contribution in [-0.2, 0) is 20.9 Å². The first kappa shape index (κ1) is 15.5. The van der Waals surface area contributed by atoms with Gasteiger partial charge >= 0.3 is 5.97 Å². The summed E-state index contributed by atoms with van der Waals surface area (Å²) in [5, 5.41) is 5.10. The Kier molecular flexibility index (Phi) is 6.02. The Morgan fingerprint density at radius 2 is 2.05 bits per heavy atom. The molecule has 1 aromatic heterocycles. The first-order valence-corrected chi connectivity index (χ1v) is 5.88. The summed E-state index contributed by atoms with van der Waals surface area (Å²) in [7, 11) is 1.27. The van der Waals surface area contributed by atoms with Crippen LogP contribution in [0.15, 0.2) is 28.7 Å². The number of rotatable bonds is 6. The predicted octanol–water partition coefficient (Wildman–Crippen LogP) is 0.375. The lowest BCUT2D eigenvalue weighted by Gasteiger charge is -1.99. The van der Waals surface area contributed by atoms with Gasteiger partial charge in [-0.15, -0.1) is 0 Å². The maximum atomic E-state index is 11.7. The van der Waals surface area contributed by atoms with Gasteiger partial charge in [-0.1, -0.05) is 6.08 Å². The van der Waals surface area contributed by atoms with Gasteiger partial charge in [0.1, 0.15) is 5.76 Å². The summed E-state index contributed by atoms with van der Waals surface area (Å²) in [4.78, 5) is 33.2. The highest BCUT2D eigenvalue weighted by atomic mass is 16.5. The van der Waals surface area contributed by atoms with Crippen molar-refractivity contribution < 1.29 is 23.5 Å². The van der Waals surface area contributed by atoms with E-state index in [1.54, 1.807) is 6.07 Å². The third-order valence-electron chi connectivity index (χ3n) is 2.23. The third kappa shape index (κ3) is 5.38. The second-order valence-electron chi connectivity index (χ2n) is 3.81. The Bertz CT molecular complexity index is 519. The van der Waals surface area contributed by atoms with Crippen molar-refractivity contribution in [1.29, 1.82) is 0 Å². The number of esters is 1. The number of furan rings is 1. The molecule has 7 nitrogen and oxygen atoms in total. The van der Waals surface area contributed by atoms with Crippen LogP contribution in [-0.4, -0.2) is 31.4 Å². The topological polar surface area (TPSA) is 97.6 Å². The van der Waals surface area contributed by atoms with Gasteiger partial charge in [-0.05, 0) is 12.1 Å². The van der Waals surface area contributed by atoms with Gasteiger partial charge in [0.15, 0.2) is 5.76 Å². The van der Waals surface area contributed by atoms with E-state index in [0.29, 0.717) is 5.76 Å². The predicted molar refractivity (Wildman–Crippen MR) is 69.7 cm³/mol. The van der Waals surface area contributed by atoms with Gasteiger partial charge in [0, 0.05) is 19.5 Å². The molecule has 0 aromatic carbocycles. The minimum absolute atomic E-state index is 0.136. The number of carbonyl (C=O) groups excluding carboxylic acids is 3. The zero-order valence-corrected chi connectivity index (χ0v) is 11.3. The molecule has 0 saturated carbocycles. The summed E-state index contributed by atoms with van der Waals surface area (Å²) in [5.41, 5.74) is 0. The second-order valence-corrected chi connectivity index (χ2v) is 3.81. The zero-order chi connectivity index (χ0) is 15.0. The summed E-state index contributed by atoms with van der Waals surface area (Å²) in [6, 6.07) is 3.12. The molecule has 1 rings (SSSR count). The molecule has 0 atom stereocenters. The molecule has 0 aliphatic carbocycles. The zero-order valence-electron chi connectivity index (χ0n) is 11.3. The molecule has 0 bridgehead atoms. The molecular formula is C13H16N2O5. The molecular weight excluding hydrogens is 264 g/mol. The standard InChI is InChI=1S/C13H16N2O5/c1-9(16)15-8-10-5-6-11(20-10)13(18)14-7-3-4-12(17)19-2/h3-6H,7-8H2,1-2H3,(H,14,18)(H,15,16)/b4-3+. The summed E-state index contributed by atoms with van der Waals surface area (Å²) in [6.07, 6.45) is 2.68. The van der Waals surface area contributed by atoms with Crippen molar-refractivity contribution in [3.8, 4) is 0 Å². The smallest absolute Gasteiger partial charge is 0.330 e. The molecule has 1 aromatic rings. The van der Waals surface area contributed by atoms with Crippen LogP contribution in [0.1, 0.15) is 23.2 Å². The quantitative estimate of drug-likeness (QED) is 0.579. The Hall–Kier alpha value is -2.57. The van der Waals surface area contributed by atoms with Gasteiger partial charge in [0.2, 0.25) is 5.91 Å². The minimum Gasteiger partial charge on any atom is -0.466 e. The van der Waals surface area contributed by atoms with Crippen molar-refractivity contribution in [1.82, 2.24) is 10.6 Å². The highest BCUT2D eigenvalue weighted by Crippen LogP contribution is 2.07. The molecule has 2 amide bonds. The van der Waals surface area contributed by atoms with E-state index in [2.05, 4.69) is 15.4 Å². The van der Waals surface area contributed by atoms with Crippen molar-refractivity contribution in [3.05, 3.63) is 35.8 Å². The number of carbonyl (C=O) groups is 3. The average Bonchev–Trinajstić information content (AvgIpc) is 2.89. The Balaban J connectivity index is 2.42. The van der Waals surface area contributed by atoms with Crippen LogP contribution in [0.2, 0.25) is 0 Å². The summed E-state index contributed by atoms with van der Waals surface area (Å²) in [5.74, 6) is -0.462. The van der Waals surface area contributed by atoms with E-state index in [1.807, 2.05) is 0 Å². The fourth-order valence-electron chi connectivity index (χ4n) is 1.27. The van der Waals surface area contributed by atoms with E-state index in [0.717, 1.165) is 0 Å². The molecule has 0 fully saturated rings. The molecule has 20 heavy (non-hydrogen) atoms. The number of amides is 2.